The molecule has 0 aromatic heterocycles. The third kappa shape index (κ3) is 2.86. The van der Waals surface area contributed by atoms with Gasteiger partial charge in [-0.25, -0.2) is 0 Å². The summed E-state index contributed by atoms with van der Waals surface area (Å²) in [7, 11) is 0. The van der Waals surface area contributed by atoms with Gasteiger partial charge in [0.05, 0.1) is 11.5 Å². The van der Waals surface area contributed by atoms with Crippen molar-refractivity contribution >= 4 is 11.9 Å². The fourth-order valence-electron chi connectivity index (χ4n) is 2.51. The maximum atomic E-state index is 12.0. The molecule has 0 saturated heterocycles. The Morgan fingerprint density at radius 2 is 2.05 bits per heavy atom. The largest absolute Gasteiger partial charge is 0.507 e. The van der Waals surface area contributed by atoms with E-state index in [4.69, 9.17) is 5.11 Å². The number of phenols is 1. The van der Waals surface area contributed by atoms with Gasteiger partial charge in [-0.3, -0.25) is 9.59 Å². The van der Waals surface area contributed by atoms with Crippen LogP contribution in [0.1, 0.15) is 35.2 Å². The zero-order valence-corrected chi connectivity index (χ0v) is 10.7. The van der Waals surface area contributed by atoms with Gasteiger partial charge in [0.2, 0.25) is 0 Å². The van der Waals surface area contributed by atoms with Crippen LogP contribution in [0.25, 0.3) is 0 Å². The van der Waals surface area contributed by atoms with Crippen LogP contribution in [0.4, 0.5) is 0 Å². The number of phenolic OH excluding ortho intramolecular Hbond substituents is 1. The van der Waals surface area contributed by atoms with E-state index in [-0.39, 0.29) is 17.4 Å². The molecule has 102 valence electrons. The number of carbonyl (C=O) groups is 2. The van der Waals surface area contributed by atoms with Crippen LogP contribution >= 0.6 is 0 Å². The van der Waals surface area contributed by atoms with Crippen LogP contribution in [0.15, 0.2) is 18.2 Å². The maximum Gasteiger partial charge on any atom is 0.308 e. The summed E-state index contributed by atoms with van der Waals surface area (Å²) in [5.74, 6) is -1.91. The molecule has 19 heavy (non-hydrogen) atoms. The minimum Gasteiger partial charge on any atom is -0.507 e. The predicted octanol–water partition coefficient (Wildman–Crippen LogP) is 1.68. The number of aliphatic carboxylic acids is 1. The molecule has 1 aliphatic rings. The molecule has 2 rings (SSSR count). The summed E-state index contributed by atoms with van der Waals surface area (Å²) in [6.07, 6.45) is 2.04. The number of hydrogen-bond acceptors (Lipinski definition) is 3. The van der Waals surface area contributed by atoms with Crippen LogP contribution in [0.2, 0.25) is 0 Å². The number of aryl methyl sites for hydroxylation is 1. The Balaban J connectivity index is 2.10. The molecule has 0 aliphatic heterocycles. The van der Waals surface area contributed by atoms with Crippen LogP contribution in [0, 0.1) is 12.8 Å². The van der Waals surface area contributed by atoms with E-state index in [1.54, 1.807) is 12.1 Å². The SMILES string of the molecule is Cc1ccc(C(=O)NC2CCCC2C(=O)O)c(O)c1. The zero-order chi connectivity index (χ0) is 14.0. The molecule has 0 bridgehead atoms. The number of hydrogen-bond donors (Lipinski definition) is 3. The van der Waals surface area contributed by atoms with Crippen LogP contribution in [0.5, 0.6) is 5.75 Å². The van der Waals surface area contributed by atoms with Crippen molar-refractivity contribution in [3.8, 4) is 5.75 Å². The van der Waals surface area contributed by atoms with Gasteiger partial charge >= 0.3 is 5.97 Å². The highest BCUT2D eigenvalue weighted by Crippen LogP contribution is 2.27. The smallest absolute Gasteiger partial charge is 0.308 e. The first-order valence-electron chi connectivity index (χ1n) is 6.32. The van der Waals surface area contributed by atoms with E-state index >= 15 is 0 Å². The lowest BCUT2D eigenvalue weighted by molar-refractivity contribution is -0.142. The Kier molecular flexibility index (Phi) is 3.74. The molecule has 1 aromatic carbocycles. The highest BCUT2D eigenvalue weighted by Gasteiger charge is 2.34. The Hall–Kier alpha value is -2.04. The average Bonchev–Trinajstić information content (AvgIpc) is 2.76. The number of aromatic hydroxyl groups is 1. The quantitative estimate of drug-likeness (QED) is 0.774. The van der Waals surface area contributed by atoms with Gasteiger partial charge in [-0.05, 0) is 37.5 Å². The molecule has 0 heterocycles. The lowest BCUT2D eigenvalue weighted by atomic mass is 10.0. The molecule has 1 saturated carbocycles. The topological polar surface area (TPSA) is 86.6 Å². The van der Waals surface area contributed by atoms with Crippen LogP contribution in [-0.4, -0.2) is 28.1 Å². The lowest BCUT2D eigenvalue weighted by Gasteiger charge is -2.18. The summed E-state index contributed by atoms with van der Waals surface area (Å²) >= 11 is 0. The van der Waals surface area contributed by atoms with Crippen molar-refractivity contribution < 1.29 is 19.8 Å². The first-order chi connectivity index (χ1) is 8.99. The average molecular weight is 263 g/mol. The van der Waals surface area contributed by atoms with E-state index < -0.39 is 17.8 Å². The fourth-order valence-corrected chi connectivity index (χ4v) is 2.51. The summed E-state index contributed by atoms with van der Waals surface area (Å²) in [6.45, 7) is 1.82. The number of amides is 1. The number of carboxylic acids is 1. The van der Waals surface area contributed by atoms with E-state index in [0.29, 0.717) is 12.8 Å². The normalized spacial score (nSPS) is 22.2. The van der Waals surface area contributed by atoms with Crippen molar-refractivity contribution in [2.45, 2.75) is 32.2 Å². The summed E-state index contributed by atoms with van der Waals surface area (Å²) in [4.78, 5) is 23.1. The maximum absolute atomic E-state index is 12.0. The summed E-state index contributed by atoms with van der Waals surface area (Å²) in [5, 5.41) is 21.5. The Morgan fingerprint density at radius 1 is 1.32 bits per heavy atom. The molecular formula is C14H17NO4. The molecule has 1 aromatic rings. The van der Waals surface area contributed by atoms with Gasteiger partial charge in [0, 0.05) is 6.04 Å². The molecule has 3 N–H and O–H groups in total. The van der Waals surface area contributed by atoms with Gasteiger partial charge in [0.1, 0.15) is 5.75 Å². The van der Waals surface area contributed by atoms with Crippen LogP contribution in [0.3, 0.4) is 0 Å². The van der Waals surface area contributed by atoms with E-state index in [1.807, 2.05) is 6.92 Å². The minimum atomic E-state index is -0.879. The van der Waals surface area contributed by atoms with Gasteiger partial charge < -0.3 is 15.5 Å². The highest BCUT2D eigenvalue weighted by molar-refractivity contribution is 5.97. The van der Waals surface area contributed by atoms with Gasteiger partial charge in [0.25, 0.3) is 5.91 Å². The van der Waals surface area contributed by atoms with Crippen molar-refractivity contribution in [3.63, 3.8) is 0 Å². The van der Waals surface area contributed by atoms with Gasteiger partial charge in [-0.1, -0.05) is 12.5 Å². The predicted molar refractivity (Wildman–Crippen MR) is 69.1 cm³/mol. The molecule has 1 amide bonds. The Morgan fingerprint density at radius 3 is 2.68 bits per heavy atom. The third-order valence-electron chi connectivity index (χ3n) is 3.55. The van der Waals surface area contributed by atoms with Crippen molar-refractivity contribution in [2.75, 3.05) is 0 Å². The summed E-state index contributed by atoms with van der Waals surface area (Å²) in [5.41, 5.74) is 1.04. The second-order valence-corrected chi connectivity index (χ2v) is 4.98. The zero-order valence-electron chi connectivity index (χ0n) is 10.7. The number of carbonyl (C=O) groups excluding carboxylic acids is 1. The van der Waals surface area contributed by atoms with E-state index in [1.165, 1.54) is 6.07 Å². The Labute approximate surface area is 111 Å². The molecule has 0 radical (unpaired) electrons. The standard InChI is InChI=1S/C14H17NO4/c1-8-5-6-10(12(16)7-8)13(17)15-11-4-2-3-9(11)14(18)19/h5-7,9,11,16H,2-4H2,1H3,(H,15,17)(H,18,19). The third-order valence-corrected chi connectivity index (χ3v) is 3.55. The second kappa shape index (κ2) is 5.30. The minimum absolute atomic E-state index is 0.0811. The highest BCUT2D eigenvalue weighted by atomic mass is 16.4. The number of benzene rings is 1. The summed E-state index contributed by atoms with van der Waals surface area (Å²) in [6, 6.07) is 4.44. The molecule has 5 heteroatoms. The van der Waals surface area contributed by atoms with Crippen molar-refractivity contribution in [2.24, 2.45) is 5.92 Å². The van der Waals surface area contributed by atoms with Crippen molar-refractivity contribution in [3.05, 3.63) is 29.3 Å². The van der Waals surface area contributed by atoms with Gasteiger partial charge in [-0.15, -0.1) is 0 Å². The first-order valence-corrected chi connectivity index (χ1v) is 6.32. The fraction of sp³-hybridized carbons (Fsp3) is 0.429. The monoisotopic (exact) mass is 263 g/mol. The second-order valence-electron chi connectivity index (χ2n) is 4.98. The Bertz CT molecular complexity index is 512. The molecular weight excluding hydrogens is 246 g/mol. The van der Waals surface area contributed by atoms with E-state index in [2.05, 4.69) is 5.32 Å². The van der Waals surface area contributed by atoms with Crippen LogP contribution in [-0.2, 0) is 4.79 Å². The van der Waals surface area contributed by atoms with Crippen molar-refractivity contribution in [1.29, 1.82) is 0 Å². The van der Waals surface area contributed by atoms with E-state index in [9.17, 15) is 14.7 Å². The molecule has 5 nitrogen and oxygen atoms in total. The van der Waals surface area contributed by atoms with E-state index in [0.717, 1.165) is 12.0 Å². The van der Waals surface area contributed by atoms with Crippen LogP contribution < -0.4 is 5.32 Å². The lowest BCUT2D eigenvalue weighted by Crippen LogP contribution is -2.40. The number of rotatable bonds is 3. The summed E-state index contributed by atoms with van der Waals surface area (Å²) < 4.78 is 0. The van der Waals surface area contributed by atoms with Gasteiger partial charge in [-0.2, -0.15) is 0 Å². The molecule has 1 aliphatic carbocycles. The molecule has 0 spiro atoms. The molecule has 2 unspecified atom stereocenters. The number of carboxylic acid groups (broad SMARTS) is 1. The number of nitrogens with one attached hydrogen (secondary N) is 1. The molecule has 2 atom stereocenters. The molecule has 1 fully saturated rings. The van der Waals surface area contributed by atoms with Gasteiger partial charge in [0.15, 0.2) is 0 Å². The van der Waals surface area contributed by atoms with Crippen molar-refractivity contribution in [1.82, 2.24) is 5.32 Å². The first kappa shape index (κ1) is 13.4.